The summed E-state index contributed by atoms with van der Waals surface area (Å²) in [4.78, 5) is 33.6. The van der Waals surface area contributed by atoms with Crippen molar-refractivity contribution >= 4 is 34.7 Å². The first kappa shape index (κ1) is 19.4. The van der Waals surface area contributed by atoms with E-state index in [2.05, 4.69) is 21.5 Å². The molecule has 0 saturated heterocycles. The second-order valence-electron chi connectivity index (χ2n) is 6.34. The molecule has 2 aromatic rings. The van der Waals surface area contributed by atoms with Crippen molar-refractivity contribution < 1.29 is 31.3 Å². The number of aliphatic imine (C=N–C) groups is 2. The molecule has 0 saturated carbocycles. The van der Waals surface area contributed by atoms with Gasteiger partial charge in [-0.15, -0.1) is 0 Å². The molecule has 0 heterocycles. The van der Waals surface area contributed by atoms with Gasteiger partial charge in [-0.05, 0) is 48.2 Å². The molecule has 0 amide bonds. The Morgan fingerprint density at radius 2 is 1.11 bits per heavy atom. The van der Waals surface area contributed by atoms with Gasteiger partial charge >= 0.3 is 0 Å². The van der Waals surface area contributed by atoms with Crippen LogP contribution in [-0.4, -0.2) is 36.5 Å². The number of carbonyl (C=O) groups excluding carboxylic acids is 2. The van der Waals surface area contributed by atoms with Gasteiger partial charge in [0.15, 0.2) is 11.6 Å². The highest BCUT2D eigenvalue weighted by molar-refractivity contribution is 6.28. The van der Waals surface area contributed by atoms with Crippen LogP contribution in [0.25, 0.3) is 0 Å². The van der Waals surface area contributed by atoms with E-state index in [1.54, 1.807) is 0 Å². The molecular formula is C20H20N4O4. The highest BCUT2D eigenvalue weighted by Crippen LogP contribution is 2.32. The van der Waals surface area contributed by atoms with E-state index in [9.17, 15) is 19.8 Å². The Balaban J connectivity index is 2.02. The fourth-order valence-corrected chi connectivity index (χ4v) is 2.97. The third-order valence-electron chi connectivity index (χ3n) is 4.27. The first-order chi connectivity index (χ1) is 13.4. The molecule has 1 aliphatic carbocycles. The first-order valence-corrected chi connectivity index (χ1v) is 8.89. The summed E-state index contributed by atoms with van der Waals surface area (Å²) < 4.78 is 0. The van der Waals surface area contributed by atoms with Crippen LogP contribution in [0.3, 0.4) is 0 Å². The lowest BCUT2D eigenvalue weighted by Crippen LogP contribution is -2.51. The maximum Gasteiger partial charge on any atom is 0.194 e. The van der Waals surface area contributed by atoms with Gasteiger partial charge in [0.25, 0.3) is 0 Å². The van der Waals surface area contributed by atoms with Crippen LogP contribution in [0.2, 0.25) is 0 Å². The van der Waals surface area contributed by atoms with Crippen molar-refractivity contribution in [1.29, 1.82) is 0 Å². The molecule has 8 heteroatoms. The molecule has 28 heavy (non-hydrogen) atoms. The smallest absolute Gasteiger partial charge is 0.194 e. The van der Waals surface area contributed by atoms with E-state index in [0.29, 0.717) is 24.5 Å². The predicted molar refractivity (Wildman–Crippen MR) is 98.7 cm³/mol. The van der Waals surface area contributed by atoms with E-state index >= 15 is 0 Å². The van der Waals surface area contributed by atoms with E-state index in [0.717, 1.165) is 0 Å². The van der Waals surface area contributed by atoms with Crippen molar-refractivity contribution in [2.24, 2.45) is 9.98 Å². The lowest BCUT2D eigenvalue weighted by Gasteiger charge is -2.19. The molecular weight excluding hydrogens is 360 g/mol. The van der Waals surface area contributed by atoms with Crippen LogP contribution in [-0.2, 0) is 0 Å². The molecule has 0 atom stereocenters. The Morgan fingerprint density at radius 3 is 1.50 bits per heavy atom. The standard InChI is InChI=1S/C20H20N4O4/c21-7-5-17(25)23-11-1-3-13-15(9-11)20(28)16-10-12(24-18(26)6-8-22)2-4-14(16)19(13)27/h1-4,9-10H,5-8,21-22H2,(H,23,25)(H,24,26). The highest BCUT2D eigenvalue weighted by atomic mass is 16.3. The minimum Gasteiger partial charge on any atom is -0.862 e. The molecule has 3 rings (SSSR count). The summed E-state index contributed by atoms with van der Waals surface area (Å²) in [6, 6.07) is 8.97. The summed E-state index contributed by atoms with van der Waals surface area (Å²) in [5.41, 5.74) is 8.74. The number of rotatable bonds is 6. The van der Waals surface area contributed by atoms with Gasteiger partial charge in [0.05, 0.1) is 24.5 Å². The van der Waals surface area contributed by atoms with E-state index in [4.69, 9.17) is 0 Å². The zero-order valence-corrected chi connectivity index (χ0v) is 15.2. The predicted octanol–water partition coefficient (Wildman–Crippen LogP) is -1.49. The monoisotopic (exact) mass is 380 g/mol. The zero-order chi connectivity index (χ0) is 20.3. The minimum absolute atomic E-state index is 0.183. The second kappa shape index (κ2) is 8.12. The molecule has 0 unspecified atom stereocenters. The zero-order valence-electron chi connectivity index (χ0n) is 15.2. The van der Waals surface area contributed by atoms with Gasteiger partial charge in [0.1, 0.15) is 0 Å². The second-order valence-corrected chi connectivity index (χ2v) is 6.34. The van der Waals surface area contributed by atoms with Crippen LogP contribution in [0.1, 0.15) is 44.7 Å². The first-order valence-electron chi connectivity index (χ1n) is 8.89. The quantitative estimate of drug-likeness (QED) is 0.394. The number of benzene rings is 2. The lowest BCUT2D eigenvalue weighted by atomic mass is 9.83. The molecule has 6 N–H and O–H groups in total. The number of nitrogens with zero attached hydrogens (tertiary/aromatic N) is 2. The van der Waals surface area contributed by atoms with Crippen molar-refractivity contribution in [3.8, 4) is 0 Å². The van der Waals surface area contributed by atoms with Crippen molar-refractivity contribution in [3.63, 3.8) is 0 Å². The summed E-state index contributed by atoms with van der Waals surface area (Å²) in [6.45, 7) is 0.855. The summed E-state index contributed by atoms with van der Waals surface area (Å²) in [5.74, 6) is -1.34. The fraction of sp³-hybridized carbons (Fsp3) is 0.200. The van der Waals surface area contributed by atoms with Crippen molar-refractivity contribution in [2.45, 2.75) is 12.8 Å². The van der Waals surface area contributed by atoms with Gasteiger partial charge in [-0.2, -0.15) is 0 Å². The molecule has 0 aromatic heterocycles. The third kappa shape index (κ3) is 3.83. The molecule has 0 aliphatic heterocycles. The van der Waals surface area contributed by atoms with Crippen molar-refractivity contribution in [1.82, 2.24) is 0 Å². The molecule has 0 radical (unpaired) electrons. The Labute approximate surface area is 161 Å². The number of carbonyl (C=O) groups is 2. The largest absolute Gasteiger partial charge is 0.862 e. The highest BCUT2D eigenvalue weighted by Gasteiger charge is 2.30. The number of fused-ring (bicyclic) bond motifs is 2. The molecule has 0 bridgehead atoms. The van der Waals surface area contributed by atoms with Crippen LogP contribution < -0.4 is 21.7 Å². The molecule has 0 fully saturated rings. The van der Waals surface area contributed by atoms with Gasteiger partial charge in [-0.3, -0.25) is 19.6 Å². The van der Waals surface area contributed by atoms with Gasteiger partial charge in [-0.25, -0.2) is 0 Å². The maximum absolute atomic E-state index is 13.0. The summed E-state index contributed by atoms with van der Waals surface area (Å²) in [5, 5.41) is 23.4. The number of ketones is 2. The summed E-state index contributed by atoms with van der Waals surface area (Å²) >= 11 is 0. The van der Waals surface area contributed by atoms with E-state index < -0.39 is 0 Å². The number of hydrogen-bond acceptors (Lipinski definition) is 6. The Morgan fingerprint density at radius 1 is 0.714 bits per heavy atom. The Bertz CT molecular complexity index is 934. The topological polar surface area (TPSA) is 160 Å². The summed E-state index contributed by atoms with van der Waals surface area (Å²) in [7, 11) is 0. The van der Waals surface area contributed by atoms with Crippen LogP contribution in [0.4, 0.5) is 11.4 Å². The fourth-order valence-electron chi connectivity index (χ4n) is 2.97. The van der Waals surface area contributed by atoms with Crippen LogP contribution in [0.15, 0.2) is 46.4 Å². The number of quaternary nitrogens is 2. The molecule has 144 valence electrons. The molecule has 0 spiro atoms. The van der Waals surface area contributed by atoms with Gasteiger partial charge < -0.3 is 21.7 Å². The van der Waals surface area contributed by atoms with Crippen LogP contribution in [0, 0.1) is 0 Å². The van der Waals surface area contributed by atoms with Crippen LogP contribution >= 0.6 is 0 Å². The van der Waals surface area contributed by atoms with Crippen LogP contribution in [0.5, 0.6) is 0 Å². The Hall–Kier alpha value is -3.36. The SMILES string of the molecule is [NH3+]CCC([O-])=Nc1ccc2c(c1)C(=O)c1cc(N=C([O-])CC[NH3+])ccc1C2=O. The maximum atomic E-state index is 13.0. The minimum atomic E-state index is -0.368. The van der Waals surface area contributed by atoms with E-state index in [-0.39, 0.29) is 58.5 Å². The van der Waals surface area contributed by atoms with E-state index in [1.165, 1.54) is 36.4 Å². The molecule has 1 aliphatic rings. The van der Waals surface area contributed by atoms with Gasteiger partial charge in [0.2, 0.25) is 0 Å². The normalized spacial score (nSPS) is 14.1. The average Bonchev–Trinajstić information content (AvgIpc) is 2.66. The lowest BCUT2D eigenvalue weighted by molar-refractivity contribution is -0.368. The van der Waals surface area contributed by atoms with Crippen molar-refractivity contribution in [2.75, 3.05) is 13.1 Å². The third-order valence-corrected chi connectivity index (χ3v) is 4.27. The Kier molecular flexibility index (Phi) is 5.62. The van der Waals surface area contributed by atoms with E-state index in [1.807, 2.05) is 0 Å². The van der Waals surface area contributed by atoms with Gasteiger partial charge in [0, 0.05) is 35.1 Å². The van der Waals surface area contributed by atoms with Crippen molar-refractivity contribution in [3.05, 3.63) is 58.7 Å². The summed E-state index contributed by atoms with van der Waals surface area (Å²) in [6.07, 6.45) is 0.415. The average molecular weight is 380 g/mol. The van der Waals surface area contributed by atoms with Gasteiger partial charge in [-0.1, -0.05) is 0 Å². The number of hydrogen-bond donors (Lipinski definition) is 2. The molecule has 8 nitrogen and oxygen atoms in total. The molecule has 2 aromatic carbocycles.